The quantitative estimate of drug-likeness (QED) is 0.707. The summed E-state index contributed by atoms with van der Waals surface area (Å²) in [6.07, 6.45) is 2.73. The molecule has 0 saturated carbocycles. The molecule has 0 aromatic rings. The van der Waals surface area contributed by atoms with Gasteiger partial charge in [0.25, 0.3) is 0 Å². The molecule has 2 saturated heterocycles. The first-order valence-corrected chi connectivity index (χ1v) is 5.84. The van der Waals surface area contributed by atoms with E-state index in [1.165, 1.54) is 0 Å². The Labute approximate surface area is 95.9 Å². The number of nitrogens with two attached hydrogens (primary N) is 1. The third kappa shape index (κ3) is 2.21. The lowest BCUT2D eigenvalue weighted by Gasteiger charge is -2.35. The van der Waals surface area contributed by atoms with Gasteiger partial charge in [-0.25, -0.2) is 0 Å². The summed E-state index contributed by atoms with van der Waals surface area (Å²) in [6.45, 7) is 2.44. The lowest BCUT2D eigenvalue weighted by molar-refractivity contribution is -0.139. The van der Waals surface area contributed by atoms with Crippen LogP contribution < -0.4 is 5.73 Å². The average molecular weight is 228 g/mol. The zero-order valence-corrected chi connectivity index (χ0v) is 9.78. The molecule has 2 N–H and O–H groups in total. The molecule has 1 amide bonds. The van der Waals surface area contributed by atoms with Crippen molar-refractivity contribution in [2.45, 2.75) is 30.9 Å². The largest absolute Gasteiger partial charge is 0.381 e. The summed E-state index contributed by atoms with van der Waals surface area (Å²) in [7, 11) is 1.72. The number of carbonyl (C=O) groups excluding carboxylic acids is 1. The summed E-state index contributed by atoms with van der Waals surface area (Å²) >= 11 is 0. The van der Waals surface area contributed by atoms with Crippen LogP contribution in [0.5, 0.6) is 0 Å². The summed E-state index contributed by atoms with van der Waals surface area (Å²) in [5.74, 6) is 0.0413. The second-order valence-electron chi connectivity index (χ2n) is 4.69. The molecule has 1 atom stereocenters. The van der Waals surface area contributed by atoms with Crippen molar-refractivity contribution >= 4 is 5.91 Å². The molecule has 5 heteroatoms. The maximum Gasteiger partial charge on any atom is 0.245 e. The van der Waals surface area contributed by atoms with E-state index in [0.717, 1.165) is 25.9 Å². The topological polar surface area (TPSA) is 64.8 Å². The molecule has 2 aliphatic rings. The number of nitrogens with zero attached hydrogens (tertiary/aromatic N) is 1. The number of carbonyl (C=O) groups is 1. The molecule has 0 bridgehead atoms. The first-order valence-electron chi connectivity index (χ1n) is 5.84. The van der Waals surface area contributed by atoms with Crippen LogP contribution in [0, 0.1) is 0 Å². The van der Waals surface area contributed by atoms with Crippen molar-refractivity contribution in [1.82, 2.24) is 4.90 Å². The zero-order chi connectivity index (χ0) is 11.6. The Hall–Kier alpha value is -0.650. The number of hydrogen-bond acceptors (Lipinski definition) is 4. The molecule has 0 spiro atoms. The van der Waals surface area contributed by atoms with Crippen LogP contribution in [0.2, 0.25) is 0 Å². The average Bonchev–Trinajstić information content (AvgIpc) is 2.77. The standard InChI is InChI=1S/C11H20N2O3/c1-15-9-2-5-13(6-3-9)10(14)11(12)4-7-16-8-11/h9H,2-8,12H2,1H3. The Kier molecular flexibility index (Phi) is 3.47. The van der Waals surface area contributed by atoms with E-state index in [1.54, 1.807) is 7.11 Å². The van der Waals surface area contributed by atoms with Gasteiger partial charge >= 0.3 is 0 Å². The SMILES string of the molecule is COC1CCN(C(=O)C2(N)CCOC2)CC1. The Balaban J connectivity index is 1.91. The van der Waals surface area contributed by atoms with Gasteiger partial charge in [-0.2, -0.15) is 0 Å². The number of piperidine rings is 1. The summed E-state index contributed by atoms with van der Waals surface area (Å²) in [6, 6.07) is 0. The third-order valence-electron chi connectivity index (χ3n) is 3.54. The number of rotatable bonds is 2. The van der Waals surface area contributed by atoms with E-state index in [9.17, 15) is 4.79 Å². The van der Waals surface area contributed by atoms with Crippen molar-refractivity contribution in [3.05, 3.63) is 0 Å². The Bertz CT molecular complexity index is 256. The molecule has 2 aliphatic heterocycles. The van der Waals surface area contributed by atoms with Gasteiger partial charge in [0.15, 0.2) is 0 Å². The van der Waals surface area contributed by atoms with Crippen molar-refractivity contribution < 1.29 is 14.3 Å². The van der Waals surface area contributed by atoms with Crippen molar-refractivity contribution in [3.8, 4) is 0 Å². The summed E-state index contributed by atoms with van der Waals surface area (Å²) in [5.41, 5.74) is 5.28. The molecule has 2 rings (SSSR count). The Morgan fingerprint density at radius 1 is 1.50 bits per heavy atom. The van der Waals surface area contributed by atoms with Crippen molar-refractivity contribution in [3.63, 3.8) is 0 Å². The molecule has 5 nitrogen and oxygen atoms in total. The molecular weight excluding hydrogens is 208 g/mol. The fourth-order valence-electron chi connectivity index (χ4n) is 2.36. The van der Waals surface area contributed by atoms with Crippen LogP contribution in [-0.4, -0.2) is 55.9 Å². The zero-order valence-electron chi connectivity index (χ0n) is 9.78. The van der Waals surface area contributed by atoms with E-state index >= 15 is 0 Å². The summed E-state index contributed by atoms with van der Waals surface area (Å²) < 4.78 is 10.5. The highest BCUT2D eigenvalue weighted by Gasteiger charge is 2.41. The maximum absolute atomic E-state index is 12.2. The lowest BCUT2D eigenvalue weighted by Crippen LogP contribution is -2.57. The van der Waals surface area contributed by atoms with Gasteiger partial charge in [-0.05, 0) is 19.3 Å². The molecule has 1 unspecified atom stereocenters. The maximum atomic E-state index is 12.2. The van der Waals surface area contributed by atoms with Crippen LogP contribution in [0.15, 0.2) is 0 Å². The number of hydrogen-bond donors (Lipinski definition) is 1. The van der Waals surface area contributed by atoms with E-state index in [0.29, 0.717) is 19.6 Å². The van der Waals surface area contributed by atoms with Gasteiger partial charge in [0, 0.05) is 26.8 Å². The van der Waals surface area contributed by atoms with Gasteiger partial charge in [-0.15, -0.1) is 0 Å². The van der Waals surface area contributed by atoms with E-state index in [-0.39, 0.29) is 12.0 Å². The fourth-order valence-corrected chi connectivity index (χ4v) is 2.36. The molecule has 2 fully saturated rings. The van der Waals surface area contributed by atoms with Crippen LogP contribution in [0.3, 0.4) is 0 Å². The first kappa shape index (κ1) is 11.8. The van der Waals surface area contributed by atoms with Crippen molar-refractivity contribution in [2.75, 3.05) is 33.4 Å². The number of methoxy groups -OCH3 is 1. The van der Waals surface area contributed by atoms with Crippen molar-refractivity contribution in [2.24, 2.45) is 5.73 Å². The molecular formula is C11H20N2O3. The van der Waals surface area contributed by atoms with E-state index in [2.05, 4.69) is 0 Å². The lowest BCUT2D eigenvalue weighted by atomic mass is 9.96. The van der Waals surface area contributed by atoms with Gasteiger partial charge < -0.3 is 20.1 Å². The minimum absolute atomic E-state index is 0.0413. The predicted molar refractivity (Wildman–Crippen MR) is 59.0 cm³/mol. The minimum atomic E-state index is -0.778. The molecule has 0 aromatic carbocycles. The Morgan fingerprint density at radius 2 is 2.19 bits per heavy atom. The van der Waals surface area contributed by atoms with Gasteiger partial charge in [0.1, 0.15) is 5.54 Å². The summed E-state index contributed by atoms with van der Waals surface area (Å²) in [5, 5.41) is 0. The smallest absolute Gasteiger partial charge is 0.245 e. The van der Waals surface area contributed by atoms with Crippen LogP contribution >= 0.6 is 0 Å². The van der Waals surface area contributed by atoms with Crippen LogP contribution in [0.1, 0.15) is 19.3 Å². The monoisotopic (exact) mass is 228 g/mol. The highest BCUT2D eigenvalue weighted by molar-refractivity contribution is 5.86. The molecule has 16 heavy (non-hydrogen) atoms. The number of amides is 1. The van der Waals surface area contributed by atoms with Crippen LogP contribution in [0.25, 0.3) is 0 Å². The highest BCUT2D eigenvalue weighted by atomic mass is 16.5. The molecule has 0 aliphatic carbocycles. The van der Waals surface area contributed by atoms with E-state index < -0.39 is 5.54 Å². The minimum Gasteiger partial charge on any atom is -0.381 e. The number of likely N-dealkylation sites (tertiary alicyclic amines) is 1. The first-order chi connectivity index (χ1) is 7.65. The molecule has 0 radical (unpaired) electrons. The fraction of sp³-hybridized carbons (Fsp3) is 0.909. The normalized spacial score (nSPS) is 32.0. The molecule has 2 heterocycles. The molecule has 0 aromatic heterocycles. The highest BCUT2D eigenvalue weighted by Crippen LogP contribution is 2.21. The van der Waals surface area contributed by atoms with E-state index in [4.69, 9.17) is 15.2 Å². The van der Waals surface area contributed by atoms with E-state index in [1.807, 2.05) is 4.90 Å². The van der Waals surface area contributed by atoms with Gasteiger partial charge in [-0.1, -0.05) is 0 Å². The second-order valence-corrected chi connectivity index (χ2v) is 4.69. The Morgan fingerprint density at radius 3 is 2.69 bits per heavy atom. The van der Waals surface area contributed by atoms with Gasteiger partial charge in [0.2, 0.25) is 5.91 Å². The van der Waals surface area contributed by atoms with Gasteiger partial charge in [-0.3, -0.25) is 4.79 Å². The summed E-state index contributed by atoms with van der Waals surface area (Å²) in [4.78, 5) is 14.0. The predicted octanol–water partition coefficient (Wildman–Crippen LogP) is -0.258. The van der Waals surface area contributed by atoms with Gasteiger partial charge in [0.05, 0.1) is 12.7 Å². The third-order valence-corrected chi connectivity index (χ3v) is 3.54. The van der Waals surface area contributed by atoms with Crippen LogP contribution in [-0.2, 0) is 14.3 Å². The molecule has 92 valence electrons. The second kappa shape index (κ2) is 4.69. The van der Waals surface area contributed by atoms with Crippen LogP contribution in [0.4, 0.5) is 0 Å². The van der Waals surface area contributed by atoms with Crippen molar-refractivity contribution in [1.29, 1.82) is 0 Å². The number of ether oxygens (including phenoxy) is 2.